The molecule has 28 heavy (non-hydrogen) atoms. The van der Waals surface area contributed by atoms with E-state index in [0.29, 0.717) is 38.1 Å². The molecule has 5 rings (SSSR count). The Morgan fingerprint density at radius 3 is 2.93 bits per heavy atom. The zero-order valence-corrected chi connectivity index (χ0v) is 15.3. The number of methoxy groups -OCH3 is 1. The molecule has 1 aliphatic heterocycles. The molecular weight excluding hydrogens is 384 g/mol. The van der Waals surface area contributed by atoms with Gasteiger partial charge in [-0.15, -0.1) is 5.10 Å². The van der Waals surface area contributed by atoms with E-state index in [2.05, 4.69) is 15.4 Å². The van der Waals surface area contributed by atoms with Gasteiger partial charge in [-0.2, -0.15) is 4.52 Å². The van der Waals surface area contributed by atoms with E-state index < -0.39 is 5.97 Å². The van der Waals surface area contributed by atoms with Crippen LogP contribution in [-0.4, -0.2) is 34.5 Å². The van der Waals surface area contributed by atoms with Crippen LogP contribution in [0.3, 0.4) is 0 Å². The van der Waals surface area contributed by atoms with E-state index in [1.807, 2.05) is 6.07 Å². The topological polar surface area (TPSA) is 104 Å². The molecule has 0 atom stereocenters. The van der Waals surface area contributed by atoms with Crippen molar-refractivity contribution in [3.8, 4) is 11.5 Å². The first-order valence-electron chi connectivity index (χ1n) is 8.21. The minimum Gasteiger partial charge on any atom is -0.465 e. The number of esters is 1. The molecule has 140 valence electrons. The highest BCUT2D eigenvalue weighted by Crippen LogP contribution is 2.35. The molecule has 0 spiro atoms. The molecule has 0 aliphatic carbocycles. The number of rotatable bonds is 3. The van der Waals surface area contributed by atoms with Crippen LogP contribution in [-0.2, 0) is 4.74 Å². The molecule has 1 N–H and O–H groups in total. The fourth-order valence-corrected chi connectivity index (χ4v) is 3.72. The van der Waals surface area contributed by atoms with E-state index in [1.165, 1.54) is 35.1 Å². The largest absolute Gasteiger partial charge is 0.465 e. The molecule has 4 aromatic rings. The molecule has 3 heterocycles. The smallest absolute Gasteiger partial charge is 0.337 e. The summed E-state index contributed by atoms with van der Waals surface area (Å²) < 4.78 is 16.6. The second-order valence-electron chi connectivity index (χ2n) is 5.94. The van der Waals surface area contributed by atoms with Gasteiger partial charge in [0.15, 0.2) is 11.5 Å². The SMILES string of the molecule is COC(=O)c1ccc2c(=O)n3nc(Nc4ccc5c(c4)OCO5)sc3nc2c1. The van der Waals surface area contributed by atoms with Crippen molar-refractivity contribution >= 4 is 44.0 Å². The number of aromatic nitrogens is 3. The number of anilines is 2. The van der Waals surface area contributed by atoms with Crippen molar-refractivity contribution in [3.05, 3.63) is 52.3 Å². The Labute approximate surface area is 161 Å². The van der Waals surface area contributed by atoms with Gasteiger partial charge in [-0.05, 0) is 30.3 Å². The van der Waals surface area contributed by atoms with Gasteiger partial charge in [-0.3, -0.25) is 4.79 Å². The first-order chi connectivity index (χ1) is 13.6. The van der Waals surface area contributed by atoms with Crippen molar-refractivity contribution in [3.63, 3.8) is 0 Å². The van der Waals surface area contributed by atoms with Gasteiger partial charge in [0, 0.05) is 11.8 Å². The number of nitrogens with zero attached hydrogens (tertiary/aromatic N) is 3. The lowest BCUT2D eigenvalue weighted by molar-refractivity contribution is 0.0601. The summed E-state index contributed by atoms with van der Waals surface area (Å²) in [4.78, 5) is 29.3. The second-order valence-corrected chi connectivity index (χ2v) is 6.89. The van der Waals surface area contributed by atoms with Gasteiger partial charge in [0.25, 0.3) is 5.56 Å². The first-order valence-corrected chi connectivity index (χ1v) is 9.03. The van der Waals surface area contributed by atoms with Gasteiger partial charge in [0.2, 0.25) is 16.9 Å². The van der Waals surface area contributed by atoms with Crippen LogP contribution in [0.1, 0.15) is 10.4 Å². The zero-order valence-electron chi connectivity index (χ0n) is 14.5. The molecule has 0 saturated carbocycles. The summed E-state index contributed by atoms with van der Waals surface area (Å²) in [5, 5.41) is 8.31. The number of nitrogens with one attached hydrogen (secondary N) is 1. The van der Waals surface area contributed by atoms with Crippen LogP contribution in [0.4, 0.5) is 10.8 Å². The maximum absolute atomic E-state index is 12.7. The maximum atomic E-state index is 12.7. The van der Waals surface area contributed by atoms with Crippen LogP contribution >= 0.6 is 11.3 Å². The average molecular weight is 396 g/mol. The second kappa shape index (κ2) is 6.20. The normalized spacial score (nSPS) is 12.5. The van der Waals surface area contributed by atoms with Crippen LogP contribution in [0.2, 0.25) is 0 Å². The van der Waals surface area contributed by atoms with Gasteiger partial charge < -0.3 is 19.5 Å². The van der Waals surface area contributed by atoms with Crippen LogP contribution in [0, 0.1) is 0 Å². The number of benzene rings is 2. The molecule has 0 fully saturated rings. The van der Waals surface area contributed by atoms with E-state index in [9.17, 15) is 9.59 Å². The Bertz CT molecular complexity index is 1310. The fraction of sp³-hybridized carbons (Fsp3) is 0.111. The van der Waals surface area contributed by atoms with Crippen molar-refractivity contribution in [1.82, 2.24) is 14.6 Å². The summed E-state index contributed by atoms with van der Waals surface area (Å²) >= 11 is 1.22. The Kier molecular flexibility index (Phi) is 3.66. The summed E-state index contributed by atoms with van der Waals surface area (Å²) in [5.74, 6) is 0.834. The molecule has 0 amide bonds. The van der Waals surface area contributed by atoms with E-state index in [-0.39, 0.29) is 12.4 Å². The molecule has 0 bridgehead atoms. The summed E-state index contributed by atoms with van der Waals surface area (Å²) in [6.45, 7) is 0.194. The molecule has 0 saturated heterocycles. The van der Waals surface area contributed by atoms with Crippen molar-refractivity contribution in [2.45, 2.75) is 0 Å². The molecule has 2 aromatic carbocycles. The molecule has 10 heteroatoms. The molecule has 0 radical (unpaired) electrons. The van der Waals surface area contributed by atoms with Gasteiger partial charge in [-0.25, -0.2) is 9.78 Å². The standard InChI is InChI=1S/C18H12N4O5S/c1-25-16(24)9-2-4-11-12(6-9)20-18-22(15(11)23)21-17(28-18)19-10-3-5-13-14(7-10)27-8-26-13/h2-7H,8H2,1H3,(H,19,21). The van der Waals surface area contributed by atoms with E-state index in [1.54, 1.807) is 18.2 Å². The number of hydrogen-bond donors (Lipinski definition) is 1. The van der Waals surface area contributed by atoms with E-state index in [0.717, 1.165) is 5.69 Å². The highest BCUT2D eigenvalue weighted by atomic mass is 32.1. The van der Waals surface area contributed by atoms with Gasteiger partial charge >= 0.3 is 5.97 Å². The summed E-state index contributed by atoms with van der Waals surface area (Å²) in [7, 11) is 1.30. The van der Waals surface area contributed by atoms with E-state index >= 15 is 0 Å². The lowest BCUT2D eigenvalue weighted by atomic mass is 10.1. The summed E-state index contributed by atoms with van der Waals surface area (Å²) in [6, 6.07) is 10.0. The predicted octanol–water partition coefficient (Wildman–Crippen LogP) is 2.56. The third kappa shape index (κ3) is 2.62. The fourth-order valence-electron chi connectivity index (χ4n) is 2.90. The third-order valence-electron chi connectivity index (χ3n) is 4.24. The van der Waals surface area contributed by atoms with Crippen LogP contribution in [0.25, 0.3) is 15.9 Å². The minimum absolute atomic E-state index is 0.194. The maximum Gasteiger partial charge on any atom is 0.337 e. The highest BCUT2D eigenvalue weighted by Gasteiger charge is 2.16. The summed E-state index contributed by atoms with van der Waals surface area (Å²) in [6.07, 6.45) is 0. The lowest BCUT2D eigenvalue weighted by Gasteiger charge is -2.02. The van der Waals surface area contributed by atoms with Gasteiger partial charge in [-0.1, -0.05) is 11.3 Å². The lowest BCUT2D eigenvalue weighted by Crippen LogP contribution is -2.15. The number of hydrogen-bond acceptors (Lipinski definition) is 9. The zero-order chi connectivity index (χ0) is 19.3. The van der Waals surface area contributed by atoms with Crippen molar-refractivity contribution in [2.24, 2.45) is 0 Å². The van der Waals surface area contributed by atoms with Gasteiger partial charge in [0.1, 0.15) is 0 Å². The number of carbonyl (C=O) groups is 1. The first kappa shape index (κ1) is 16.5. The number of carbonyl (C=O) groups excluding carboxylic acids is 1. The number of fused-ring (bicyclic) bond motifs is 3. The average Bonchev–Trinajstić information content (AvgIpc) is 3.33. The van der Waals surface area contributed by atoms with Crippen LogP contribution in [0.15, 0.2) is 41.2 Å². The number of ether oxygens (including phenoxy) is 3. The minimum atomic E-state index is -0.488. The van der Waals surface area contributed by atoms with Crippen molar-refractivity contribution in [1.29, 1.82) is 0 Å². The Morgan fingerprint density at radius 1 is 1.21 bits per heavy atom. The van der Waals surface area contributed by atoms with Gasteiger partial charge in [0.05, 0.1) is 23.6 Å². The Morgan fingerprint density at radius 2 is 2.07 bits per heavy atom. The van der Waals surface area contributed by atoms with Crippen LogP contribution in [0.5, 0.6) is 11.5 Å². The molecule has 9 nitrogen and oxygen atoms in total. The van der Waals surface area contributed by atoms with E-state index in [4.69, 9.17) is 14.2 Å². The Hall–Kier alpha value is -3.66. The molecule has 0 unspecified atom stereocenters. The molecular formula is C18H12N4O5S. The third-order valence-corrected chi connectivity index (χ3v) is 5.07. The Balaban J connectivity index is 1.56. The van der Waals surface area contributed by atoms with Crippen molar-refractivity contribution in [2.75, 3.05) is 19.2 Å². The highest BCUT2D eigenvalue weighted by molar-refractivity contribution is 7.20. The molecule has 2 aromatic heterocycles. The molecule has 1 aliphatic rings. The summed E-state index contributed by atoms with van der Waals surface area (Å²) in [5.41, 5.74) is 1.17. The van der Waals surface area contributed by atoms with Crippen LogP contribution < -0.4 is 20.3 Å². The quantitative estimate of drug-likeness (QED) is 0.527. The van der Waals surface area contributed by atoms with Crippen molar-refractivity contribution < 1.29 is 19.0 Å². The predicted molar refractivity (Wildman–Crippen MR) is 102 cm³/mol. The monoisotopic (exact) mass is 396 g/mol.